The Morgan fingerprint density at radius 1 is 1.29 bits per heavy atom. The minimum absolute atomic E-state index is 0.0670. The van der Waals surface area contributed by atoms with Gasteiger partial charge in [-0.2, -0.15) is 0 Å². The third kappa shape index (κ3) is 11.0. The molecule has 6 heteroatoms. The summed E-state index contributed by atoms with van der Waals surface area (Å²) in [5.74, 6) is -0.207. The SMILES string of the molecule is CCCCOCC(C)OC(=O)NCNC(C)=O. The lowest BCUT2D eigenvalue weighted by atomic mass is 10.3. The molecule has 0 aromatic heterocycles. The molecule has 0 aliphatic carbocycles. The molecule has 0 saturated heterocycles. The molecule has 0 rings (SSSR count). The predicted molar refractivity (Wildman–Crippen MR) is 63.5 cm³/mol. The maximum Gasteiger partial charge on any atom is 0.408 e. The average molecular weight is 246 g/mol. The van der Waals surface area contributed by atoms with E-state index in [2.05, 4.69) is 17.6 Å². The van der Waals surface area contributed by atoms with Crippen molar-refractivity contribution in [1.29, 1.82) is 0 Å². The molecule has 0 spiro atoms. The van der Waals surface area contributed by atoms with E-state index >= 15 is 0 Å². The van der Waals surface area contributed by atoms with Crippen LogP contribution in [0.5, 0.6) is 0 Å². The zero-order valence-electron chi connectivity index (χ0n) is 10.7. The van der Waals surface area contributed by atoms with Gasteiger partial charge in [0, 0.05) is 13.5 Å². The van der Waals surface area contributed by atoms with Gasteiger partial charge in [0.2, 0.25) is 5.91 Å². The van der Waals surface area contributed by atoms with E-state index in [1.54, 1.807) is 6.92 Å². The summed E-state index contributed by atoms with van der Waals surface area (Å²) in [7, 11) is 0. The minimum atomic E-state index is -0.564. The molecule has 0 radical (unpaired) electrons. The zero-order chi connectivity index (χ0) is 13.1. The van der Waals surface area contributed by atoms with Crippen LogP contribution in [0.25, 0.3) is 0 Å². The second-order valence-electron chi connectivity index (χ2n) is 3.73. The predicted octanol–water partition coefficient (Wildman–Crippen LogP) is 1.01. The summed E-state index contributed by atoms with van der Waals surface area (Å²) < 4.78 is 10.3. The summed E-state index contributed by atoms with van der Waals surface area (Å²) in [6.45, 7) is 6.34. The fourth-order valence-electron chi connectivity index (χ4n) is 0.995. The van der Waals surface area contributed by atoms with E-state index in [-0.39, 0.29) is 18.7 Å². The van der Waals surface area contributed by atoms with Gasteiger partial charge in [0.1, 0.15) is 6.10 Å². The van der Waals surface area contributed by atoms with Crippen LogP contribution in [-0.4, -0.2) is 38.0 Å². The Bertz CT molecular complexity index is 234. The molecule has 0 aromatic carbocycles. The summed E-state index contributed by atoms with van der Waals surface area (Å²) in [5, 5.41) is 4.83. The van der Waals surface area contributed by atoms with Crippen molar-refractivity contribution in [2.75, 3.05) is 19.9 Å². The van der Waals surface area contributed by atoms with Crippen LogP contribution in [0.2, 0.25) is 0 Å². The first-order valence-electron chi connectivity index (χ1n) is 5.83. The van der Waals surface area contributed by atoms with Crippen LogP contribution in [0.4, 0.5) is 4.79 Å². The van der Waals surface area contributed by atoms with Gasteiger partial charge in [-0.1, -0.05) is 13.3 Å². The van der Waals surface area contributed by atoms with E-state index in [9.17, 15) is 9.59 Å². The van der Waals surface area contributed by atoms with E-state index in [1.165, 1.54) is 6.92 Å². The van der Waals surface area contributed by atoms with Crippen molar-refractivity contribution in [3.8, 4) is 0 Å². The first-order valence-corrected chi connectivity index (χ1v) is 5.83. The summed E-state index contributed by atoms with van der Waals surface area (Å²) >= 11 is 0. The number of nitrogens with one attached hydrogen (secondary N) is 2. The molecular weight excluding hydrogens is 224 g/mol. The van der Waals surface area contributed by atoms with Crippen molar-refractivity contribution in [3.05, 3.63) is 0 Å². The summed E-state index contributed by atoms with van der Waals surface area (Å²) in [5.41, 5.74) is 0. The van der Waals surface area contributed by atoms with Crippen LogP contribution in [0, 0.1) is 0 Å². The van der Waals surface area contributed by atoms with Gasteiger partial charge in [0.05, 0.1) is 13.3 Å². The van der Waals surface area contributed by atoms with Gasteiger partial charge in [-0.3, -0.25) is 4.79 Å². The van der Waals surface area contributed by atoms with E-state index in [1.807, 2.05) is 0 Å². The molecule has 1 atom stereocenters. The quantitative estimate of drug-likeness (QED) is 0.495. The standard InChI is InChI=1S/C11H22N2O4/c1-4-5-6-16-7-9(2)17-11(15)13-8-12-10(3)14/h9H,4-8H2,1-3H3,(H,12,14)(H,13,15). The lowest BCUT2D eigenvalue weighted by Gasteiger charge is -2.14. The second kappa shape index (κ2) is 9.89. The Kier molecular flexibility index (Phi) is 9.14. The van der Waals surface area contributed by atoms with Crippen LogP contribution < -0.4 is 10.6 Å². The molecule has 6 nitrogen and oxygen atoms in total. The van der Waals surface area contributed by atoms with Crippen LogP contribution in [0.15, 0.2) is 0 Å². The number of carbonyl (C=O) groups excluding carboxylic acids is 2. The van der Waals surface area contributed by atoms with Gasteiger partial charge in [0.15, 0.2) is 0 Å². The lowest BCUT2D eigenvalue weighted by molar-refractivity contribution is -0.119. The smallest absolute Gasteiger partial charge is 0.408 e. The van der Waals surface area contributed by atoms with Gasteiger partial charge >= 0.3 is 6.09 Å². The molecule has 0 aromatic rings. The normalized spacial score (nSPS) is 11.7. The van der Waals surface area contributed by atoms with Gasteiger partial charge in [0.25, 0.3) is 0 Å². The summed E-state index contributed by atoms with van der Waals surface area (Å²) in [4.78, 5) is 21.7. The molecular formula is C11H22N2O4. The fourth-order valence-corrected chi connectivity index (χ4v) is 0.995. The Morgan fingerprint density at radius 2 is 2.00 bits per heavy atom. The van der Waals surface area contributed by atoms with Gasteiger partial charge in [-0.25, -0.2) is 4.79 Å². The summed E-state index contributed by atoms with van der Waals surface area (Å²) in [6.07, 6.45) is 1.21. The number of hydrogen-bond acceptors (Lipinski definition) is 4. The highest BCUT2D eigenvalue weighted by Crippen LogP contribution is 1.95. The number of rotatable bonds is 8. The van der Waals surface area contributed by atoms with Crippen molar-refractivity contribution in [1.82, 2.24) is 10.6 Å². The topological polar surface area (TPSA) is 76.7 Å². The van der Waals surface area contributed by atoms with Crippen molar-refractivity contribution in [2.24, 2.45) is 0 Å². The van der Waals surface area contributed by atoms with E-state index in [0.29, 0.717) is 13.2 Å². The molecule has 1 unspecified atom stereocenters. The Balaban J connectivity index is 3.48. The third-order valence-electron chi connectivity index (χ3n) is 1.87. The number of unbranched alkanes of at least 4 members (excludes halogenated alkanes) is 1. The monoisotopic (exact) mass is 246 g/mol. The maximum absolute atomic E-state index is 11.2. The average Bonchev–Trinajstić information content (AvgIpc) is 2.23. The molecule has 100 valence electrons. The number of carbonyl (C=O) groups is 2. The summed E-state index contributed by atoms with van der Waals surface area (Å²) in [6, 6.07) is 0. The van der Waals surface area contributed by atoms with Crippen LogP contribution in [0.1, 0.15) is 33.6 Å². The Hall–Kier alpha value is -1.30. The number of hydrogen-bond donors (Lipinski definition) is 2. The van der Waals surface area contributed by atoms with E-state index < -0.39 is 6.09 Å². The van der Waals surface area contributed by atoms with Gasteiger partial charge < -0.3 is 20.1 Å². The largest absolute Gasteiger partial charge is 0.444 e. The first-order chi connectivity index (χ1) is 8.06. The Morgan fingerprint density at radius 3 is 2.59 bits per heavy atom. The van der Waals surface area contributed by atoms with Crippen LogP contribution in [-0.2, 0) is 14.3 Å². The number of alkyl carbamates (subject to hydrolysis) is 1. The lowest BCUT2D eigenvalue weighted by Crippen LogP contribution is -2.38. The molecule has 0 bridgehead atoms. The van der Waals surface area contributed by atoms with Crippen molar-refractivity contribution in [2.45, 2.75) is 39.7 Å². The molecule has 0 heterocycles. The number of amides is 2. The molecule has 0 aliphatic heterocycles. The van der Waals surface area contributed by atoms with Crippen molar-refractivity contribution < 1.29 is 19.1 Å². The molecule has 0 saturated carbocycles. The van der Waals surface area contributed by atoms with E-state index in [0.717, 1.165) is 12.8 Å². The van der Waals surface area contributed by atoms with Crippen LogP contribution >= 0.6 is 0 Å². The van der Waals surface area contributed by atoms with Crippen molar-refractivity contribution >= 4 is 12.0 Å². The minimum Gasteiger partial charge on any atom is -0.444 e. The van der Waals surface area contributed by atoms with Gasteiger partial charge in [-0.05, 0) is 13.3 Å². The van der Waals surface area contributed by atoms with Gasteiger partial charge in [-0.15, -0.1) is 0 Å². The Labute approximate surface area is 102 Å². The molecule has 2 N–H and O–H groups in total. The molecule has 2 amide bonds. The third-order valence-corrected chi connectivity index (χ3v) is 1.87. The van der Waals surface area contributed by atoms with Crippen molar-refractivity contribution in [3.63, 3.8) is 0 Å². The molecule has 17 heavy (non-hydrogen) atoms. The van der Waals surface area contributed by atoms with Crippen LogP contribution in [0.3, 0.4) is 0 Å². The fraction of sp³-hybridized carbons (Fsp3) is 0.818. The zero-order valence-corrected chi connectivity index (χ0v) is 10.7. The first kappa shape index (κ1) is 15.7. The highest BCUT2D eigenvalue weighted by Gasteiger charge is 2.08. The molecule has 0 aliphatic rings. The second-order valence-corrected chi connectivity index (χ2v) is 3.73. The maximum atomic E-state index is 11.2. The highest BCUT2D eigenvalue weighted by molar-refractivity contribution is 5.73. The number of ether oxygens (including phenoxy) is 2. The highest BCUT2D eigenvalue weighted by atomic mass is 16.6. The van der Waals surface area contributed by atoms with E-state index in [4.69, 9.17) is 9.47 Å². The molecule has 0 fully saturated rings.